The van der Waals surface area contributed by atoms with Crippen LogP contribution in [0.25, 0.3) is 22.5 Å². The highest BCUT2D eigenvalue weighted by Crippen LogP contribution is 2.43. The summed E-state index contributed by atoms with van der Waals surface area (Å²) in [7, 11) is 3.44. The van der Waals surface area contributed by atoms with Gasteiger partial charge in [-0.3, -0.25) is 15.3 Å². The van der Waals surface area contributed by atoms with Crippen molar-refractivity contribution in [1.29, 1.82) is 0 Å². The molecule has 32 heavy (non-hydrogen) atoms. The van der Waals surface area contributed by atoms with Crippen LogP contribution in [-0.4, -0.2) is 67.3 Å². The average Bonchev–Trinajstić information content (AvgIpc) is 3.34. The number of hydrogen-bond acceptors (Lipinski definition) is 6. The number of nitrogens with zero attached hydrogens (tertiary/aromatic N) is 3. The summed E-state index contributed by atoms with van der Waals surface area (Å²) in [5.74, 6) is -0.148. The summed E-state index contributed by atoms with van der Waals surface area (Å²) in [5.41, 5.74) is 8.19. The van der Waals surface area contributed by atoms with E-state index in [1.165, 1.54) is 5.01 Å². The summed E-state index contributed by atoms with van der Waals surface area (Å²) in [5, 5.41) is 15.2. The van der Waals surface area contributed by atoms with Gasteiger partial charge in [0, 0.05) is 57.1 Å². The summed E-state index contributed by atoms with van der Waals surface area (Å²) in [6, 6.07) is 13.2. The number of hydrazine groups is 1. The molecule has 1 aromatic heterocycles. The Hall–Kier alpha value is -3.69. The molecule has 1 aliphatic carbocycles. The van der Waals surface area contributed by atoms with Gasteiger partial charge >= 0.3 is 6.03 Å². The Balaban J connectivity index is 1.45. The number of hydrogen-bond donors (Lipinski definition) is 4. The van der Waals surface area contributed by atoms with Crippen LogP contribution in [0.3, 0.4) is 0 Å². The monoisotopic (exact) mass is 431 g/mol. The molecular formula is C23H25N7O2. The van der Waals surface area contributed by atoms with Crippen LogP contribution in [0.15, 0.2) is 42.5 Å². The molecule has 0 radical (unpaired) electrons. The number of carbonyl (C=O) groups is 2. The van der Waals surface area contributed by atoms with Gasteiger partial charge in [-0.1, -0.05) is 24.3 Å². The molecule has 0 unspecified atom stereocenters. The van der Waals surface area contributed by atoms with E-state index < -0.39 is 6.03 Å². The van der Waals surface area contributed by atoms with Crippen molar-refractivity contribution in [2.75, 3.05) is 50.5 Å². The van der Waals surface area contributed by atoms with Crippen molar-refractivity contribution in [1.82, 2.24) is 25.9 Å². The first kappa shape index (κ1) is 20.2. The normalized spacial score (nSPS) is 15.0. The van der Waals surface area contributed by atoms with Crippen LogP contribution in [0, 0.1) is 0 Å². The fourth-order valence-electron chi connectivity index (χ4n) is 4.31. The molecule has 4 N–H and O–H groups in total. The number of piperazine rings is 1. The molecule has 0 bridgehead atoms. The zero-order valence-corrected chi connectivity index (χ0v) is 18.0. The number of amides is 2. The average molecular weight is 432 g/mol. The molecular weight excluding hydrogens is 406 g/mol. The van der Waals surface area contributed by atoms with Crippen LogP contribution < -0.4 is 21.0 Å². The number of carbonyl (C=O) groups excluding carboxylic acids is 2. The maximum atomic E-state index is 13.4. The standard InChI is InChI=1S/C23H25N7O2/c1-29(2)28-23(32)25-17-5-3-4-16-18(17)22(31)19-20(26-27-21(16)19)14-6-8-15(9-7-14)30-12-10-24-11-13-30/h3-9,24H,10-13H2,1-2H3,(H,26,27)(H2,25,28,32). The second kappa shape index (κ2) is 8.10. The van der Waals surface area contributed by atoms with E-state index in [0.717, 1.165) is 43.0 Å². The molecule has 164 valence electrons. The fraction of sp³-hybridized carbons (Fsp3) is 0.261. The van der Waals surface area contributed by atoms with Crippen LogP contribution in [0.4, 0.5) is 16.2 Å². The molecule has 1 saturated heterocycles. The molecule has 9 nitrogen and oxygen atoms in total. The van der Waals surface area contributed by atoms with Gasteiger partial charge < -0.3 is 15.5 Å². The minimum Gasteiger partial charge on any atom is -0.369 e. The van der Waals surface area contributed by atoms with Gasteiger partial charge in [-0.2, -0.15) is 5.10 Å². The molecule has 2 heterocycles. The lowest BCUT2D eigenvalue weighted by Gasteiger charge is -2.29. The molecule has 0 atom stereocenters. The number of anilines is 2. The maximum absolute atomic E-state index is 13.4. The van der Waals surface area contributed by atoms with Crippen molar-refractivity contribution >= 4 is 23.2 Å². The molecule has 9 heteroatoms. The maximum Gasteiger partial charge on any atom is 0.333 e. The Morgan fingerprint density at radius 3 is 2.53 bits per heavy atom. The third-order valence-corrected chi connectivity index (χ3v) is 5.75. The molecule has 5 rings (SSSR count). The molecule has 0 spiro atoms. The number of fused-ring (bicyclic) bond motifs is 3. The van der Waals surface area contributed by atoms with Gasteiger partial charge in [0.15, 0.2) is 5.78 Å². The van der Waals surface area contributed by atoms with E-state index in [1.807, 2.05) is 24.3 Å². The largest absolute Gasteiger partial charge is 0.369 e. The van der Waals surface area contributed by atoms with E-state index in [9.17, 15) is 9.59 Å². The van der Waals surface area contributed by atoms with Crippen molar-refractivity contribution in [3.8, 4) is 22.5 Å². The van der Waals surface area contributed by atoms with Crippen LogP contribution in [0.2, 0.25) is 0 Å². The highest BCUT2D eigenvalue weighted by molar-refractivity contribution is 6.26. The number of ketones is 1. The zero-order valence-electron chi connectivity index (χ0n) is 18.0. The van der Waals surface area contributed by atoms with Gasteiger partial charge in [0.2, 0.25) is 0 Å². The minimum atomic E-state index is -0.409. The number of urea groups is 1. The van der Waals surface area contributed by atoms with Gasteiger partial charge in [0.05, 0.1) is 22.5 Å². The predicted octanol–water partition coefficient (Wildman–Crippen LogP) is 2.30. The van der Waals surface area contributed by atoms with Crippen molar-refractivity contribution in [2.45, 2.75) is 0 Å². The minimum absolute atomic E-state index is 0.148. The first-order valence-electron chi connectivity index (χ1n) is 10.6. The Kier molecular flexibility index (Phi) is 5.12. The number of nitrogens with one attached hydrogen (secondary N) is 4. The number of H-pyrrole nitrogens is 1. The lowest BCUT2D eigenvalue weighted by molar-refractivity contribution is 0.104. The molecule has 0 saturated carbocycles. The molecule has 1 fully saturated rings. The fourth-order valence-corrected chi connectivity index (χ4v) is 4.31. The molecule has 2 amide bonds. The van der Waals surface area contributed by atoms with Crippen molar-refractivity contribution < 1.29 is 9.59 Å². The third kappa shape index (κ3) is 3.51. The van der Waals surface area contributed by atoms with E-state index in [-0.39, 0.29) is 5.78 Å². The predicted molar refractivity (Wildman–Crippen MR) is 124 cm³/mol. The van der Waals surface area contributed by atoms with Crippen molar-refractivity contribution in [2.24, 2.45) is 0 Å². The highest BCUT2D eigenvalue weighted by atomic mass is 16.2. The van der Waals surface area contributed by atoms with E-state index in [0.29, 0.717) is 28.2 Å². The van der Waals surface area contributed by atoms with Crippen LogP contribution >= 0.6 is 0 Å². The number of aromatic amines is 1. The molecule has 2 aliphatic rings. The Morgan fingerprint density at radius 1 is 1.06 bits per heavy atom. The van der Waals surface area contributed by atoms with Gasteiger partial charge in [0.25, 0.3) is 0 Å². The Bertz CT molecular complexity index is 1180. The summed E-state index contributed by atoms with van der Waals surface area (Å²) < 4.78 is 0. The number of aromatic nitrogens is 2. The quantitative estimate of drug-likeness (QED) is 0.370. The van der Waals surface area contributed by atoms with Crippen LogP contribution in [0.5, 0.6) is 0 Å². The van der Waals surface area contributed by atoms with Gasteiger partial charge in [0.1, 0.15) is 5.69 Å². The Labute approximate surface area is 185 Å². The third-order valence-electron chi connectivity index (χ3n) is 5.75. The van der Waals surface area contributed by atoms with Gasteiger partial charge in [-0.05, 0) is 18.2 Å². The topological polar surface area (TPSA) is 105 Å². The van der Waals surface area contributed by atoms with E-state index in [1.54, 1.807) is 20.2 Å². The SMILES string of the molecule is CN(C)NC(=O)Nc1cccc2c1C(=O)c1c(-c3ccc(N4CCNCC4)cc3)n[nH]c1-2. The molecule has 1 aliphatic heterocycles. The number of benzene rings is 2. The highest BCUT2D eigenvalue weighted by Gasteiger charge is 2.35. The first-order chi connectivity index (χ1) is 15.5. The summed E-state index contributed by atoms with van der Waals surface area (Å²) in [6.45, 7) is 3.90. The first-order valence-corrected chi connectivity index (χ1v) is 10.6. The Morgan fingerprint density at radius 2 is 1.81 bits per heavy atom. The van der Waals surface area contributed by atoms with Crippen LogP contribution in [0.1, 0.15) is 15.9 Å². The second-order valence-corrected chi connectivity index (χ2v) is 8.12. The van der Waals surface area contributed by atoms with Crippen molar-refractivity contribution in [3.05, 3.63) is 53.6 Å². The lowest BCUT2D eigenvalue weighted by Crippen LogP contribution is -2.43. The van der Waals surface area contributed by atoms with Gasteiger partial charge in [-0.15, -0.1) is 0 Å². The van der Waals surface area contributed by atoms with Crippen molar-refractivity contribution in [3.63, 3.8) is 0 Å². The zero-order chi connectivity index (χ0) is 22.2. The lowest BCUT2D eigenvalue weighted by atomic mass is 10.0. The van der Waals surface area contributed by atoms with E-state index in [4.69, 9.17) is 0 Å². The van der Waals surface area contributed by atoms with Gasteiger partial charge in [-0.25, -0.2) is 9.80 Å². The van der Waals surface area contributed by atoms with E-state index in [2.05, 4.69) is 43.3 Å². The second-order valence-electron chi connectivity index (χ2n) is 8.12. The summed E-state index contributed by atoms with van der Waals surface area (Å²) >= 11 is 0. The molecule has 3 aromatic rings. The smallest absolute Gasteiger partial charge is 0.333 e. The summed E-state index contributed by atoms with van der Waals surface area (Å²) in [6.07, 6.45) is 0. The summed E-state index contributed by atoms with van der Waals surface area (Å²) in [4.78, 5) is 28.0. The van der Waals surface area contributed by atoms with Crippen LogP contribution in [-0.2, 0) is 0 Å². The van der Waals surface area contributed by atoms with E-state index >= 15 is 0 Å². The molecule has 2 aromatic carbocycles. The number of rotatable bonds is 4.